The molecule has 8 rings (SSSR count). The first-order chi connectivity index (χ1) is 24.8. The number of hydrogen-bond donors (Lipinski definition) is 0. The van der Waals surface area contributed by atoms with E-state index in [1.807, 2.05) is 36.4 Å². The first-order valence-corrected chi connectivity index (χ1v) is 17.3. The molecule has 3 heterocycles. The van der Waals surface area contributed by atoms with E-state index < -0.39 is 53.7 Å². The van der Waals surface area contributed by atoms with E-state index in [1.165, 1.54) is 21.3 Å². The lowest BCUT2D eigenvalue weighted by Crippen LogP contribution is -2.48. The summed E-state index contributed by atoms with van der Waals surface area (Å²) in [5, 5.41) is 0. The lowest BCUT2D eigenvalue weighted by molar-refractivity contribution is -0.166. The fourth-order valence-corrected chi connectivity index (χ4v) is 8.76. The Labute approximate surface area is 294 Å². The number of hydrogen-bond acceptors (Lipinski definition) is 11. The molecule has 7 atom stereocenters. The van der Waals surface area contributed by atoms with Crippen LogP contribution in [0.4, 0.5) is 0 Å². The molecule has 0 spiro atoms. The number of amides is 2. The van der Waals surface area contributed by atoms with Crippen molar-refractivity contribution in [2.45, 2.75) is 50.2 Å². The van der Waals surface area contributed by atoms with E-state index in [1.54, 1.807) is 18.2 Å². The summed E-state index contributed by atoms with van der Waals surface area (Å²) >= 11 is 0. The maximum absolute atomic E-state index is 14.6. The number of carbonyl (C=O) groups is 4. The summed E-state index contributed by atoms with van der Waals surface area (Å²) in [6, 6.07) is 15.3. The third-order valence-corrected chi connectivity index (χ3v) is 11.1. The van der Waals surface area contributed by atoms with Gasteiger partial charge in [-0.3, -0.25) is 19.3 Å². The summed E-state index contributed by atoms with van der Waals surface area (Å²) in [5.74, 6) is -2.47. The van der Waals surface area contributed by atoms with Crippen LogP contribution in [0.2, 0.25) is 0 Å². The van der Waals surface area contributed by atoms with Crippen molar-refractivity contribution in [2.75, 3.05) is 34.7 Å². The fourth-order valence-electron chi connectivity index (χ4n) is 8.76. The van der Waals surface area contributed by atoms with Crippen LogP contribution < -0.4 is 23.7 Å². The number of cyclic esters (lactones) is 1. The van der Waals surface area contributed by atoms with Crippen LogP contribution in [0.15, 0.2) is 54.6 Å². The van der Waals surface area contributed by atoms with Crippen LogP contribution in [-0.2, 0) is 35.1 Å². The van der Waals surface area contributed by atoms with Crippen molar-refractivity contribution >= 4 is 23.8 Å². The van der Waals surface area contributed by atoms with Gasteiger partial charge in [-0.2, -0.15) is 0 Å². The van der Waals surface area contributed by atoms with Crippen LogP contribution in [0, 0.1) is 23.7 Å². The quantitative estimate of drug-likeness (QED) is 0.227. The molecule has 0 radical (unpaired) electrons. The van der Waals surface area contributed by atoms with E-state index >= 15 is 0 Å². The molecule has 3 aliphatic heterocycles. The van der Waals surface area contributed by atoms with Crippen molar-refractivity contribution in [1.29, 1.82) is 0 Å². The van der Waals surface area contributed by atoms with E-state index in [-0.39, 0.29) is 31.6 Å². The molecule has 3 unspecified atom stereocenters. The molecule has 51 heavy (non-hydrogen) atoms. The van der Waals surface area contributed by atoms with E-state index in [0.717, 1.165) is 23.3 Å². The maximum Gasteiger partial charge on any atom is 0.330 e. The number of nitrogens with zero attached hydrogens (tertiary/aromatic N) is 1. The molecule has 2 saturated heterocycles. The molecular weight excluding hydrogens is 658 g/mol. The minimum atomic E-state index is -1.19. The van der Waals surface area contributed by atoms with Gasteiger partial charge in [-0.15, -0.1) is 0 Å². The van der Waals surface area contributed by atoms with Gasteiger partial charge in [0.25, 0.3) is 0 Å². The second kappa shape index (κ2) is 13.1. The number of esters is 2. The van der Waals surface area contributed by atoms with Gasteiger partial charge in [-0.05, 0) is 53.8 Å². The SMILES string of the molecule is COc1cc(C2c3cc4c(cc3[C@H](OC(=O)[C@H](Cc3ccccc3)N3C(=O)C5CCCCC5C3=O)[C@H]3COC(=O)[C@H]23)OCO4)cc(OC)c1OC. The van der Waals surface area contributed by atoms with Crippen molar-refractivity contribution in [3.63, 3.8) is 0 Å². The zero-order valence-electron chi connectivity index (χ0n) is 28.6. The highest BCUT2D eigenvalue weighted by Crippen LogP contribution is 2.57. The third-order valence-electron chi connectivity index (χ3n) is 11.1. The summed E-state index contributed by atoms with van der Waals surface area (Å²) in [6.07, 6.45) is 2.09. The standard InChI is InChI=1S/C39H39NO11/c1-45-30-14-21(15-31(46-2)35(30)47-3)32-24-16-28-29(50-19-49-28)17-25(24)34(26-18-48-39(44)33(26)32)51-38(43)27(13-20-9-5-4-6-10-20)40-36(41)22-11-7-8-12-23(22)37(40)42/h4-6,9-10,14-17,22-23,26-27,32-34H,7-8,11-13,18-19H2,1-3H3/t22?,23?,26-,27-,32?,33-,34-/m0/s1. The number of ether oxygens (including phenoxy) is 7. The highest BCUT2D eigenvalue weighted by atomic mass is 16.7. The van der Waals surface area contributed by atoms with Crippen molar-refractivity contribution in [2.24, 2.45) is 23.7 Å². The van der Waals surface area contributed by atoms with Gasteiger partial charge in [0.1, 0.15) is 12.1 Å². The Balaban J connectivity index is 1.22. The lowest BCUT2D eigenvalue weighted by Gasteiger charge is -2.39. The Kier molecular flexibility index (Phi) is 8.47. The molecule has 0 bridgehead atoms. The van der Waals surface area contributed by atoms with Gasteiger partial charge in [0, 0.05) is 23.8 Å². The van der Waals surface area contributed by atoms with Gasteiger partial charge in [-0.1, -0.05) is 43.2 Å². The van der Waals surface area contributed by atoms with Gasteiger partial charge in [0.2, 0.25) is 24.4 Å². The summed E-state index contributed by atoms with van der Waals surface area (Å²) in [6.45, 7) is -0.00156. The number of likely N-dealkylation sites (tertiary alicyclic amines) is 1. The van der Waals surface area contributed by atoms with Gasteiger partial charge < -0.3 is 33.2 Å². The number of imide groups is 1. The maximum atomic E-state index is 14.6. The van der Waals surface area contributed by atoms with Gasteiger partial charge in [-0.25, -0.2) is 4.79 Å². The van der Waals surface area contributed by atoms with Gasteiger partial charge >= 0.3 is 11.9 Å². The topological polar surface area (TPSA) is 136 Å². The van der Waals surface area contributed by atoms with E-state index in [0.29, 0.717) is 58.3 Å². The monoisotopic (exact) mass is 697 g/mol. The van der Waals surface area contributed by atoms with Crippen LogP contribution in [0.5, 0.6) is 28.7 Å². The minimum absolute atomic E-state index is 0.00704. The first kappa shape index (κ1) is 32.9. The molecule has 266 valence electrons. The summed E-state index contributed by atoms with van der Waals surface area (Å²) in [7, 11) is 4.56. The Morgan fingerprint density at radius 2 is 1.45 bits per heavy atom. The zero-order chi connectivity index (χ0) is 35.4. The number of rotatable bonds is 9. The number of benzene rings is 3. The fraction of sp³-hybridized carbons (Fsp3) is 0.436. The average molecular weight is 698 g/mol. The van der Waals surface area contributed by atoms with Crippen molar-refractivity contribution in [3.05, 3.63) is 76.9 Å². The second-order valence-corrected chi connectivity index (χ2v) is 13.7. The van der Waals surface area contributed by atoms with Crippen LogP contribution in [0.1, 0.15) is 60.0 Å². The van der Waals surface area contributed by atoms with Crippen LogP contribution in [0.3, 0.4) is 0 Å². The average Bonchev–Trinajstić information content (AvgIpc) is 3.85. The van der Waals surface area contributed by atoms with E-state index in [9.17, 15) is 19.2 Å². The lowest BCUT2D eigenvalue weighted by atomic mass is 9.66. The minimum Gasteiger partial charge on any atom is -0.493 e. The molecule has 3 fully saturated rings. The summed E-state index contributed by atoms with van der Waals surface area (Å²) in [5.41, 5.74) is 2.76. The second-order valence-electron chi connectivity index (χ2n) is 13.7. The van der Waals surface area contributed by atoms with Gasteiger partial charge in [0.05, 0.1) is 45.7 Å². The van der Waals surface area contributed by atoms with Gasteiger partial charge in [0.15, 0.2) is 23.0 Å². The predicted molar refractivity (Wildman–Crippen MR) is 179 cm³/mol. The molecular formula is C39H39NO11. The molecule has 0 N–H and O–H groups in total. The van der Waals surface area contributed by atoms with E-state index in [2.05, 4.69) is 0 Å². The normalized spacial score (nSPS) is 26.5. The molecule has 1 saturated carbocycles. The summed E-state index contributed by atoms with van der Waals surface area (Å²) < 4.78 is 40.6. The Morgan fingerprint density at radius 3 is 2.06 bits per heavy atom. The third kappa shape index (κ3) is 5.42. The molecule has 2 amide bonds. The van der Waals surface area contributed by atoms with Crippen LogP contribution in [-0.4, -0.2) is 69.4 Å². The van der Waals surface area contributed by atoms with Crippen molar-refractivity contribution < 1.29 is 52.3 Å². The molecule has 3 aromatic rings. The molecule has 2 aliphatic carbocycles. The molecule has 5 aliphatic rings. The van der Waals surface area contributed by atoms with Crippen LogP contribution in [0.25, 0.3) is 0 Å². The Bertz CT molecular complexity index is 1840. The Hall–Kier alpha value is -5.26. The Morgan fingerprint density at radius 1 is 0.824 bits per heavy atom. The summed E-state index contributed by atoms with van der Waals surface area (Å²) in [4.78, 5) is 57.2. The smallest absolute Gasteiger partial charge is 0.330 e. The van der Waals surface area contributed by atoms with Crippen molar-refractivity contribution in [1.82, 2.24) is 4.90 Å². The highest BCUT2D eigenvalue weighted by Gasteiger charge is 2.56. The largest absolute Gasteiger partial charge is 0.493 e. The molecule has 12 heteroatoms. The molecule has 0 aromatic heterocycles. The highest BCUT2D eigenvalue weighted by molar-refractivity contribution is 6.08. The first-order valence-electron chi connectivity index (χ1n) is 17.3. The number of methoxy groups -OCH3 is 3. The van der Waals surface area contributed by atoms with E-state index in [4.69, 9.17) is 33.2 Å². The number of fused-ring (bicyclic) bond motifs is 4. The molecule has 3 aromatic carbocycles. The molecule has 12 nitrogen and oxygen atoms in total. The van der Waals surface area contributed by atoms with Crippen LogP contribution >= 0.6 is 0 Å². The van der Waals surface area contributed by atoms with Crippen molar-refractivity contribution in [3.8, 4) is 28.7 Å². The predicted octanol–water partition coefficient (Wildman–Crippen LogP) is 4.75. The number of carbonyl (C=O) groups excluding carboxylic acids is 4. The zero-order valence-corrected chi connectivity index (χ0v) is 28.6.